The van der Waals surface area contributed by atoms with Crippen LogP contribution in [0.1, 0.15) is 18.2 Å². The number of benzene rings is 2. The van der Waals surface area contributed by atoms with Crippen molar-refractivity contribution in [2.24, 2.45) is 0 Å². The van der Waals surface area contributed by atoms with Crippen molar-refractivity contribution < 1.29 is 14.5 Å². The molecule has 1 aromatic heterocycles. The van der Waals surface area contributed by atoms with Crippen LogP contribution < -0.4 is 10.1 Å². The zero-order valence-electron chi connectivity index (χ0n) is 18.2. The van der Waals surface area contributed by atoms with Gasteiger partial charge in [0.25, 0.3) is 11.6 Å². The number of likely N-dealkylation sites (N-methyl/N-ethyl adjacent to an activating group) is 1. The number of nitrogens with one attached hydrogen (secondary N) is 1. The molecule has 9 nitrogen and oxygen atoms in total. The van der Waals surface area contributed by atoms with Gasteiger partial charge in [0.1, 0.15) is 11.6 Å². The fourth-order valence-electron chi connectivity index (χ4n) is 2.84. The number of aromatic nitrogens is 2. The van der Waals surface area contributed by atoms with Gasteiger partial charge in [-0.15, -0.1) is 0 Å². The molecule has 1 N–H and O–H groups in total. The van der Waals surface area contributed by atoms with E-state index in [1.807, 2.05) is 31.2 Å². The molecule has 3 rings (SSSR count). The number of carbonyl (C=O) groups excluding carboxylic acids is 1. The molecule has 166 valence electrons. The van der Waals surface area contributed by atoms with E-state index in [-0.39, 0.29) is 18.2 Å². The van der Waals surface area contributed by atoms with Crippen LogP contribution in [-0.4, -0.2) is 46.4 Å². The Morgan fingerprint density at radius 2 is 1.88 bits per heavy atom. The van der Waals surface area contributed by atoms with Crippen molar-refractivity contribution in [2.75, 3.05) is 26.0 Å². The second-order valence-electron chi connectivity index (χ2n) is 7.30. The summed E-state index contributed by atoms with van der Waals surface area (Å²) in [6, 6.07) is 15.5. The zero-order valence-corrected chi connectivity index (χ0v) is 18.2. The molecule has 0 unspecified atom stereocenters. The fraction of sp³-hybridized carbons (Fsp3) is 0.261. The van der Waals surface area contributed by atoms with E-state index in [4.69, 9.17) is 4.74 Å². The van der Waals surface area contributed by atoms with Crippen LogP contribution in [-0.2, 0) is 17.8 Å². The smallest absolute Gasteiger partial charge is 0.269 e. The number of nitro benzene ring substituents is 1. The molecule has 0 aliphatic rings. The van der Waals surface area contributed by atoms with Crippen molar-refractivity contribution in [3.8, 4) is 17.1 Å². The van der Waals surface area contributed by atoms with Gasteiger partial charge in [0.15, 0.2) is 12.4 Å². The summed E-state index contributed by atoms with van der Waals surface area (Å²) < 4.78 is 5.57. The lowest BCUT2D eigenvalue weighted by molar-refractivity contribution is -0.384. The number of hydrogen-bond donors (Lipinski definition) is 1. The summed E-state index contributed by atoms with van der Waals surface area (Å²) in [6.45, 7) is 2.48. The van der Waals surface area contributed by atoms with Crippen LogP contribution in [0.5, 0.6) is 5.75 Å². The molecule has 0 radical (unpaired) electrons. The zero-order chi connectivity index (χ0) is 23.1. The van der Waals surface area contributed by atoms with Gasteiger partial charge in [-0.3, -0.25) is 14.9 Å². The number of aryl methyl sites for hydroxylation is 1. The van der Waals surface area contributed by atoms with Gasteiger partial charge in [0.2, 0.25) is 0 Å². The number of nitrogens with zero attached hydrogens (tertiary/aromatic N) is 4. The van der Waals surface area contributed by atoms with Gasteiger partial charge in [-0.1, -0.05) is 19.1 Å². The molecule has 1 heterocycles. The molecule has 2 aromatic carbocycles. The molecule has 0 bridgehead atoms. The molecule has 0 saturated carbocycles. The van der Waals surface area contributed by atoms with Crippen molar-refractivity contribution >= 4 is 17.4 Å². The van der Waals surface area contributed by atoms with E-state index in [0.717, 1.165) is 17.7 Å². The Morgan fingerprint density at radius 1 is 1.12 bits per heavy atom. The second-order valence-corrected chi connectivity index (χ2v) is 7.30. The number of rotatable bonds is 9. The van der Waals surface area contributed by atoms with Crippen molar-refractivity contribution in [1.82, 2.24) is 14.9 Å². The van der Waals surface area contributed by atoms with Crippen LogP contribution >= 0.6 is 0 Å². The fourth-order valence-corrected chi connectivity index (χ4v) is 2.84. The summed E-state index contributed by atoms with van der Waals surface area (Å²) >= 11 is 0. The highest BCUT2D eigenvalue weighted by molar-refractivity contribution is 5.77. The average Bonchev–Trinajstić information content (AvgIpc) is 2.81. The highest BCUT2D eigenvalue weighted by Gasteiger charge is 2.10. The maximum atomic E-state index is 11.7. The third-order valence-corrected chi connectivity index (χ3v) is 4.71. The van der Waals surface area contributed by atoms with Crippen molar-refractivity contribution in [3.05, 3.63) is 76.0 Å². The molecule has 0 atom stereocenters. The quantitative estimate of drug-likeness (QED) is 0.403. The van der Waals surface area contributed by atoms with Crippen LogP contribution in [0, 0.1) is 10.1 Å². The van der Waals surface area contributed by atoms with Gasteiger partial charge in [0, 0.05) is 50.1 Å². The third kappa shape index (κ3) is 6.00. The molecular formula is C23H25N5O4. The lowest BCUT2D eigenvalue weighted by atomic mass is 10.2. The van der Waals surface area contributed by atoms with Gasteiger partial charge in [-0.25, -0.2) is 9.97 Å². The number of nitro groups is 1. The maximum Gasteiger partial charge on any atom is 0.269 e. The molecule has 0 spiro atoms. The predicted octanol–water partition coefficient (Wildman–Crippen LogP) is 3.69. The van der Waals surface area contributed by atoms with E-state index in [1.54, 1.807) is 32.3 Å². The summed E-state index contributed by atoms with van der Waals surface area (Å²) in [5.74, 6) is 1.66. The second kappa shape index (κ2) is 10.3. The first-order valence-electron chi connectivity index (χ1n) is 10.1. The Kier molecular flexibility index (Phi) is 7.33. The van der Waals surface area contributed by atoms with E-state index in [1.165, 1.54) is 17.0 Å². The molecule has 1 amide bonds. The molecule has 9 heteroatoms. The third-order valence-electron chi connectivity index (χ3n) is 4.71. The van der Waals surface area contributed by atoms with Crippen LogP contribution in [0.4, 0.5) is 11.5 Å². The maximum absolute atomic E-state index is 11.7. The highest BCUT2D eigenvalue weighted by Crippen LogP contribution is 2.22. The largest absolute Gasteiger partial charge is 0.484 e. The van der Waals surface area contributed by atoms with E-state index < -0.39 is 4.92 Å². The monoisotopic (exact) mass is 435 g/mol. The van der Waals surface area contributed by atoms with Gasteiger partial charge in [-0.05, 0) is 36.2 Å². The van der Waals surface area contributed by atoms with Crippen molar-refractivity contribution in [2.45, 2.75) is 19.9 Å². The Balaban J connectivity index is 1.72. The first kappa shape index (κ1) is 22.7. The first-order valence-corrected chi connectivity index (χ1v) is 10.1. The Morgan fingerprint density at radius 3 is 2.53 bits per heavy atom. The number of anilines is 1. The Hall–Kier alpha value is -4.01. The summed E-state index contributed by atoms with van der Waals surface area (Å²) in [7, 11) is 3.37. The van der Waals surface area contributed by atoms with Crippen molar-refractivity contribution in [3.63, 3.8) is 0 Å². The minimum atomic E-state index is -0.436. The number of ether oxygens (including phenoxy) is 1. The first-order chi connectivity index (χ1) is 15.4. The minimum Gasteiger partial charge on any atom is -0.484 e. The van der Waals surface area contributed by atoms with E-state index in [9.17, 15) is 14.9 Å². The molecule has 0 fully saturated rings. The molecule has 0 saturated heterocycles. The minimum absolute atomic E-state index is 0.0196. The molecule has 32 heavy (non-hydrogen) atoms. The molecular weight excluding hydrogens is 410 g/mol. The summed E-state index contributed by atoms with van der Waals surface area (Å²) in [5, 5.41) is 14.2. The summed E-state index contributed by atoms with van der Waals surface area (Å²) in [4.78, 5) is 32.8. The molecule has 0 aliphatic heterocycles. The number of amides is 1. The van der Waals surface area contributed by atoms with Gasteiger partial charge >= 0.3 is 0 Å². The standard InChI is InChI=1S/C23H25N5O4/c1-4-18-13-21(26-23(25-18)17-8-10-19(11-9-17)28(30)31)24-14-16-6-5-7-20(12-16)32-15-22(29)27(2)3/h5-13H,4,14-15H2,1-3H3,(H,24,25,26). The summed E-state index contributed by atoms with van der Waals surface area (Å²) in [6.07, 6.45) is 0.723. The number of non-ortho nitro benzene ring substituents is 1. The average molecular weight is 435 g/mol. The predicted molar refractivity (Wildman–Crippen MR) is 121 cm³/mol. The Bertz CT molecular complexity index is 1100. The van der Waals surface area contributed by atoms with E-state index >= 15 is 0 Å². The van der Waals surface area contributed by atoms with Crippen LogP contribution in [0.15, 0.2) is 54.6 Å². The number of carbonyl (C=O) groups is 1. The topological polar surface area (TPSA) is 110 Å². The van der Waals surface area contributed by atoms with Gasteiger partial charge in [-0.2, -0.15) is 0 Å². The number of hydrogen-bond acceptors (Lipinski definition) is 7. The normalized spacial score (nSPS) is 10.5. The van der Waals surface area contributed by atoms with Crippen LogP contribution in [0.3, 0.4) is 0 Å². The van der Waals surface area contributed by atoms with E-state index in [2.05, 4.69) is 15.3 Å². The Labute approximate surface area is 186 Å². The van der Waals surface area contributed by atoms with Crippen molar-refractivity contribution in [1.29, 1.82) is 0 Å². The lowest BCUT2D eigenvalue weighted by Gasteiger charge is -2.13. The van der Waals surface area contributed by atoms with Gasteiger partial charge in [0.05, 0.1) is 4.92 Å². The van der Waals surface area contributed by atoms with Crippen LogP contribution in [0.2, 0.25) is 0 Å². The SMILES string of the molecule is CCc1cc(NCc2cccc(OCC(=O)N(C)C)c2)nc(-c2ccc([N+](=O)[O-])cc2)n1. The van der Waals surface area contributed by atoms with E-state index in [0.29, 0.717) is 29.5 Å². The highest BCUT2D eigenvalue weighted by atomic mass is 16.6. The summed E-state index contributed by atoms with van der Waals surface area (Å²) in [5.41, 5.74) is 2.55. The molecule has 0 aliphatic carbocycles. The molecule has 3 aromatic rings. The lowest BCUT2D eigenvalue weighted by Crippen LogP contribution is -2.27. The van der Waals surface area contributed by atoms with Crippen LogP contribution in [0.25, 0.3) is 11.4 Å². The van der Waals surface area contributed by atoms with Gasteiger partial charge < -0.3 is 15.0 Å².